The number of nitrogens with zero attached hydrogens (tertiary/aromatic N) is 2. The lowest BCUT2D eigenvalue weighted by atomic mass is 9.93. The molecule has 132 valence electrons. The van der Waals surface area contributed by atoms with Gasteiger partial charge in [-0.05, 0) is 42.5 Å². The van der Waals surface area contributed by atoms with Crippen molar-refractivity contribution in [1.82, 2.24) is 15.2 Å². The van der Waals surface area contributed by atoms with Gasteiger partial charge in [0.15, 0.2) is 0 Å². The Morgan fingerprint density at radius 3 is 2.52 bits per heavy atom. The van der Waals surface area contributed by atoms with Crippen LogP contribution in [0.25, 0.3) is 0 Å². The molecule has 1 aliphatic carbocycles. The molecule has 0 spiro atoms. The van der Waals surface area contributed by atoms with Gasteiger partial charge in [-0.1, -0.05) is 30.3 Å². The van der Waals surface area contributed by atoms with E-state index in [4.69, 9.17) is 0 Å². The number of hydrogen-bond donors (Lipinski definition) is 1. The van der Waals surface area contributed by atoms with Gasteiger partial charge in [0, 0.05) is 50.5 Å². The monoisotopic (exact) mass is 339 g/mol. The fourth-order valence-corrected chi connectivity index (χ4v) is 3.84. The van der Waals surface area contributed by atoms with E-state index in [9.17, 15) is 0 Å². The molecule has 0 bridgehead atoms. The highest BCUT2D eigenvalue weighted by atomic mass is 19.1. The zero-order chi connectivity index (χ0) is 17.1. The topological polar surface area (TPSA) is 28.2 Å². The second kappa shape index (κ2) is 7.22. The fourth-order valence-electron chi connectivity index (χ4n) is 3.84. The minimum Gasteiger partial charge on any atom is -0.310 e. The Bertz CT molecular complexity index is 668. The van der Waals surface area contributed by atoms with E-state index in [0.29, 0.717) is 31.3 Å². The van der Waals surface area contributed by atoms with Crippen molar-refractivity contribution >= 4 is 0 Å². The highest BCUT2D eigenvalue weighted by molar-refractivity contribution is 5.27. The van der Waals surface area contributed by atoms with E-state index >= 15 is 4.39 Å². The number of piperidine rings is 1. The lowest BCUT2D eigenvalue weighted by Gasteiger charge is -2.36. The maximum Gasteiger partial charge on any atom is 0.125 e. The van der Waals surface area contributed by atoms with E-state index in [-0.39, 0.29) is 0 Å². The molecule has 1 aromatic heterocycles. The lowest BCUT2D eigenvalue weighted by molar-refractivity contribution is 0.0544. The number of hydrogen-bond acceptors (Lipinski definition) is 3. The third-order valence-electron chi connectivity index (χ3n) is 5.61. The van der Waals surface area contributed by atoms with Gasteiger partial charge in [0.1, 0.15) is 5.67 Å². The number of nitrogens with one attached hydrogen (secondary N) is 1. The zero-order valence-electron chi connectivity index (χ0n) is 14.6. The summed E-state index contributed by atoms with van der Waals surface area (Å²) in [4.78, 5) is 6.39. The Hall–Kier alpha value is -1.78. The third-order valence-corrected chi connectivity index (χ3v) is 5.61. The molecule has 2 atom stereocenters. The molecule has 2 fully saturated rings. The van der Waals surface area contributed by atoms with Crippen LogP contribution in [-0.4, -0.2) is 41.2 Å². The van der Waals surface area contributed by atoms with Crippen LogP contribution in [-0.2, 0) is 6.54 Å². The molecular weight excluding hydrogens is 313 g/mol. The molecule has 2 aromatic rings. The van der Waals surface area contributed by atoms with Crippen LogP contribution in [0.2, 0.25) is 0 Å². The van der Waals surface area contributed by atoms with E-state index in [0.717, 1.165) is 26.1 Å². The van der Waals surface area contributed by atoms with Crippen molar-refractivity contribution in [3.05, 3.63) is 66.0 Å². The maximum atomic E-state index is 15.1. The molecule has 2 unspecified atom stereocenters. The number of alkyl halides is 1. The zero-order valence-corrected chi connectivity index (χ0v) is 14.6. The summed E-state index contributed by atoms with van der Waals surface area (Å²) in [6.07, 6.45) is 6.01. The third kappa shape index (κ3) is 4.25. The van der Waals surface area contributed by atoms with Gasteiger partial charge in [-0.25, -0.2) is 4.39 Å². The van der Waals surface area contributed by atoms with Crippen molar-refractivity contribution in [2.45, 2.75) is 43.4 Å². The first kappa shape index (κ1) is 16.7. The van der Waals surface area contributed by atoms with Gasteiger partial charge >= 0.3 is 0 Å². The molecule has 4 rings (SSSR count). The number of pyridine rings is 1. The smallest absolute Gasteiger partial charge is 0.125 e. The number of aromatic nitrogens is 1. The van der Waals surface area contributed by atoms with E-state index in [1.165, 1.54) is 11.1 Å². The standard InChI is InChI=1S/C21H26FN3/c22-21(16-24-20-14-19(20)18-4-2-1-3-5-18)8-12-25(13-9-21)15-17-6-10-23-11-7-17/h1-7,10-11,19-20,24H,8-9,12-16H2. The Balaban J connectivity index is 1.22. The van der Waals surface area contributed by atoms with Crippen molar-refractivity contribution in [2.75, 3.05) is 19.6 Å². The van der Waals surface area contributed by atoms with Gasteiger partial charge in [-0.3, -0.25) is 9.88 Å². The molecule has 1 saturated carbocycles. The van der Waals surface area contributed by atoms with Crippen molar-refractivity contribution in [3.8, 4) is 0 Å². The first-order valence-corrected chi connectivity index (χ1v) is 9.30. The number of rotatable bonds is 6. The highest BCUT2D eigenvalue weighted by Gasteiger charge is 2.41. The second-order valence-electron chi connectivity index (χ2n) is 7.52. The van der Waals surface area contributed by atoms with E-state index < -0.39 is 5.67 Å². The number of halogens is 1. The van der Waals surface area contributed by atoms with Gasteiger partial charge in [-0.2, -0.15) is 0 Å². The molecule has 0 amide bonds. The van der Waals surface area contributed by atoms with E-state index in [2.05, 4.69) is 39.5 Å². The molecule has 2 heterocycles. The van der Waals surface area contributed by atoms with Crippen molar-refractivity contribution in [2.24, 2.45) is 0 Å². The van der Waals surface area contributed by atoms with Crippen LogP contribution in [0.1, 0.15) is 36.3 Å². The van der Waals surface area contributed by atoms with Gasteiger partial charge in [0.2, 0.25) is 0 Å². The predicted octanol–water partition coefficient (Wildman–Crippen LogP) is 3.53. The Kier molecular flexibility index (Phi) is 4.82. The first-order chi connectivity index (χ1) is 12.2. The summed E-state index contributed by atoms with van der Waals surface area (Å²) in [5.74, 6) is 0.566. The first-order valence-electron chi connectivity index (χ1n) is 9.30. The van der Waals surface area contributed by atoms with E-state index in [1.807, 2.05) is 30.6 Å². The number of likely N-dealkylation sites (tertiary alicyclic amines) is 1. The summed E-state index contributed by atoms with van der Waals surface area (Å²) in [6, 6.07) is 15.1. The SMILES string of the molecule is FC1(CNC2CC2c2ccccc2)CCN(Cc2ccncc2)CC1. The van der Waals surface area contributed by atoms with Crippen LogP contribution in [0.3, 0.4) is 0 Å². The van der Waals surface area contributed by atoms with E-state index in [1.54, 1.807) is 0 Å². The minimum atomic E-state index is -1.06. The van der Waals surface area contributed by atoms with Crippen LogP contribution in [0.5, 0.6) is 0 Å². The summed E-state index contributed by atoms with van der Waals surface area (Å²) in [7, 11) is 0. The summed E-state index contributed by atoms with van der Waals surface area (Å²) < 4.78 is 15.1. The second-order valence-corrected chi connectivity index (χ2v) is 7.52. The van der Waals surface area contributed by atoms with Gasteiger partial charge in [-0.15, -0.1) is 0 Å². The Morgan fingerprint density at radius 2 is 1.80 bits per heavy atom. The van der Waals surface area contributed by atoms with Crippen LogP contribution < -0.4 is 5.32 Å². The fraction of sp³-hybridized carbons (Fsp3) is 0.476. The molecule has 4 heteroatoms. The van der Waals surface area contributed by atoms with Crippen molar-refractivity contribution in [3.63, 3.8) is 0 Å². The quantitative estimate of drug-likeness (QED) is 0.873. The largest absolute Gasteiger partial charge is 0.310 e. The Morgan fingerprint density at radius 1 is 1.08 bits per heavy atom. The highest BCUT2D eigenvalue weighted by Crippen LogP contribution is 2.41. The number of benzene rings is 1. The van der Waals surface area contributed by atoms with Crippen molar-refractivity contribution < 1.29 is 4.39 Å². The molecule has 1 N–H and O–H groups in total. The van der Waals surface area contributed by atoms with Gasteiger partial charge in [0.25, 0.3) is 0 Å². The minimum absolute atomic E-state index is 0.449. The molecular formula is C21H26FN3. The van der Waals surface area contributed by atoms with Crippen LogP contribution in [0.15, 0.2) is 54.9 Å². The molecule has 3 nitrogen and oxygen atoms in total. The normalized spacial score (nSPS) is 25.6. The predicted molar refractivity (Wildman–Crippen MR) is 98.2 cm³/mol. The lowest BCUT2D eigenvalue weighted by Crippen LogP contribution is -2.47. The summed E-state index contributed by atoms with van der Waals surface area (Å²) in [5.41, 5.74) is 1.57. The Labute approximate surface area is 149 Å². The molecule has 2 aliphatic rings. The molecule has 1 aromatic carbocycles. The summed E-state index contributed by atoms with van der Waals surface area (Å²) in [5, 5.41) is 3.48. The summed E-state index contributed by atoms with van der Waals surface area (Å²) >= 11 is 0. The van der Waals surface area contributed by atoms with Crippen LogP contribution >= 0.6 is 0 Å². The molecule has 1 aliphatic heterocycles. The average Bonchev–Trinajstić information content (AvgIpc) is 3.44. The van der Waals surface area contributed by atoms with Crippen molar-refractivity contribution in [1.29, 1.82) is 0 Å². The van der Waals surface area contributed by atoms with Gasteiger partial charge in [0.05, 0.1) is 0 Å². The molecule has 25 heavy (non-hydrogen) atoms. The molecule has 0 radical (unpaired) electrons. The van der Waals surface area contributed by atoms with Crippen LogP contribution in [0, 0.1) is 0 Å². The average molecular weight is 339 g/mol. The maximum absolute atomic E-state index is 15.1. The molecule has 1 saturated heterocycles. The van der Waals surface area contributed by atoms with Crippen LogP contribution in [0.4, 0.5) is 4.39 Å². The van der Waals surface area contributed by atoms with Gasteiger partial charge < -0.3 is 5.32 Å². The summed E-state index contributed by atoms with van der Waals surface area (Å²) in [6.45, 7) is 3.04.